The number of anilines is 1. The molecule has 1 atom stereocenters. The van der Waals surface area contributed by atoms with Gasteiger partial charge in [0.15, 0.2) is 5.82 Å². The summed E-state index contributed by atoms with van der Waals surface area (Å²) in [5.41, 5.74) is 2.48. The maximum absolute atomic E-state index is 5.64. The van der Waals surface area contributed by atoms with Gasteiger partial charge in [0.1, 0.15) is 11.9 Å². The Morgan fingerprint density at radius 1 is 1.16 bits per heavy atom. The molecule has 0 bridgehead atoms. The van der Waals surface area contributed by atoms with Crippen molar-refractivity contribution in [1.82, 2.24) is 9.97 Å². The predicted molar refractivity (Wildman–Crippen MR) is 77.4 cm³/mol. The standard InChI is InChI=1S/C15H25N3O/c1-15(2,3)12(19-5)14-17-11-9-7-6-8-10(11)13(16-4)18-14/h12H,6-9H2,1-5H3,(H,16,17,18). The van der Waals surface area contributed by atoms with E-state index in [1.807, 2.05) is 7.05 Å². The Kier molecular flexibility index (Phi) is 4.09. The number of aromatic nitrogens is 2. The fraction of sp³-hybridized carbons (Fsp3) is 0.733. The summed E-state index contributed by atoms with van der Waals surface area (Å²) in [7, 11) is 3.66. The van der Waals surface area contributed by atoms with Crippen LogP contribution in [0, 0.1) is 5.41 Å². The van der Waals surface area contributed by atoms with Crippen LogP contribution in [-0.2, 0) is 17.6 Å². The zero-order valence-corrected chi connectivity index (χ0v) is 12.7. The summed E-state index contributed by atoms with van der Waals surface area (Å²) < 4.78 is 5.64. The number of fused-ring (bicyclic) bond motifs is 1. The third-order valence-corrected chi connectivity index (χ3v) is 3.69. The lowest BCUT2D eigenvalue weighted by atomic mass is 9.88. The molecule has 0 radical (unpaired) electrons. The Morgan fingerprint density at radius 3 is 2.42 bits per heavy atom. The van der Waals surface area contributed by atoms with Gasteiger partial charge in [0.25, 0.3) is 0 Å². The van der Waals surface area contributed by atoms with Gasteiger partial charge in [-0.25, -0.2) is 9.97 Å². The van der Waals surface area contributed by atoms with Crippen LogP contribution >= 0.6 is 0 Å². The molecule has 0 saturated heterocycles. The Morgan fingerprint density at radius 2 is 1.84 bits per heavy atom. The zero-order valence-electron chi connectivity index (χ0n) is 12.7. The van der Waals surface area contributed by atoms with E-state index < -0.39 is 0 Å². The Hall–Kier alpha value is -1.16. The molecule has 1 heterocycles. The van der Waals surface area contributed by atoms with Gasteiger partial charge in [-0.3, -0.25) is 0 Å². The van der Waals surface area contributed by atoms with Crippen molar-refractivity contribution >= 4 is 5.82 Å². The van der Waals surface area contributed by atoms with E-state index >= 15 is 0 Å². The van der Waals surface area contributed by atoms with Crippen molar-refractivity contribution in [3.8, 4) is 0 Å². The van der Waals surface area contributed by atoms with Crippen molar-refractivity contribution in [3.05, 3.63) is 17.1 Å². The Bertz CT molecular complexity index is 434. The topological polar surface area (TPSA) is 47.0 Å². The minimum Gasteiger partial charge on any atom is -0.373 e. The van der Waals surface area contributed by atoms with E-state index in [2.05, 4.69) is 26.1 Å². The Balaban J connectivity index is 2.47. The maximum atomic E-state index is 5.64. The predicted octanol–water partition coefficient (Wildman–Crippen LogP) is 3.13. The van der Waals surface area contributed by atoms with E-state index in [0.29, 0.717) is 0 Å². The van der Waals surface area contributed by atoms with E-state index in [0.717, 1.165) is 24.5 Å². The fourth-order valence-corrected chi connectivity index (χ4v) is 2.78. The summed E-state index contributed by atoms with van der Waals surface area (Å²) in [5, 5.41) is 3.22. The van der Waals surface area contributed by atoms with Crippen LogP contribution in [-0.4, -0.2) is 24.1 Å². The van der Waals surface area contributed by atoms with Crippen LogP contribution in [0.1, 0.15) is 56.8 Å². The number of nitrogens with zero attached hydrogens (tertiary/aromatic N) is 2. The van der Waals surface area contributed by atoms with Gasteiger partial charge in [0.2, 0.25) is 0 Å². The smallest absolute Gasteiger partial charge is 0.160 e. The third-order valence-electron chi connectivity index (χ3n) is 3.69. The van der Waals surface area contributed by atoms with E-state index in [1.165, 1.54) is 24.1 Å². The molecule has 1 aromatic heterocycles. The van der Waals surface area contributed by atoms with Crippen LogP contribution in [0.2, 0.25) is 0 Å². The summed E-state index contributed by atoms with van der Waals surface area (Å²) in [6, 6.07) is 0. The van der Waals surface area contributed by atoms with Crippen molar-refractivity contribution in [2.75, 3.05) is 19.5 Å². The second-order valence-corrected chi connectivity index (χ2v) is 6.29. The van der Waals surface area contributed by atoms with Gasteiger partial charge in [-0.1, -0.05) is 20.8 Å². The van der Waals surface area contributed by atoms with Crippen LogP contribution in [0.25, 0.3) is 0 Å². The van der Waals surface area contributed by atoms with Crippen molar-refractivity contribution < 1.29 is 4.74 Å². The van der Waals surface area contributed by atoms with Gasteiger partial charge in [-0.2, -0.15) is 0 Å². The molecular weight excluding hydrogens is 238 g/mol. The molecule has 0 fully saturated rings. The van der Waals surface area contributed by atoms with Gasteiger partial charge in [-0.05, 0) is 31.1 Å². The molecule has 0 spiro atoms. The molecule has 2 rings (SSSR count). The summed E-state index contributed by atoms with van der Waals surface area (Å²) in [6.07, 6.45) is 4.52. The lowest BCUT2D eigenvalue weighted by Crippen LogP contribution is -2.24. The average molecular weight is 263 g/mol. The first-order chi connectivity index (χ1) is 8.97. The third kappa shape index (κ3) is 2.89. The molecule has 0 amide bonds. The first kappa shape index (κ1) is 14.3. The van der Waals surface area contributed by atoms with E-state index in [-0.39, 0.29) is 11.5 Å². The highest BCUT2D eigenvalue weighted by atomic mass is 16.5. The molecule has 0 saturated carbocycles. The molecule has 1 N–H and O–H groups in total. The molecule has 4 nitrogen and oxygen atoms in total. The largest absolute Gasteiger partial charge is 0.373 e. The first-order valence-electron chi connectivity index (χ1n) is 7.07. The van der Waals surface area contributed by atoms with Crippen LogP contribution in [0.3, 0.4) is 0 Å². The lowest BCUT2D eigenvalue weighted by Gasteiger charge is -2.29. The summed E-state index contributed by atoms with van der Waals surface area (Å²) in [4.78, 5) is 9.48. The Labute approximate surface area is 116 Å². The molecule has 1 aliphatic carbocycles. The minimum atomic E-state index is -0.0770. The van der Waals surface area contributed by atoms with Crippen molar-refractivity contribution in [2.45, 2.75) is 52.6 Å². The second kappa shape index (κ2) is 5.45. The number of ether oxygens (including phenoxy) is 1. The molecule has 106 valence electrons. The van der Waals surface area contributed by atoms with Gasteiger partial charge in [0, 0.05) is 25.4 Å². The fourth-order valence-electron chi connectivity index (χ4n) is 2.78. The normalized spacial score (nSPS) is 16.9. The zero-order chi connectivity index (χ0) is 14.0. The molecule has 1 aliphatic rings. The van der Waals surface area contributed by atoms with Gasteiger partial charge < -0.3 is 10.1 Å². The highest BCUT2D eigenvalue weighted by molar-refractivity contribution is 5.47. The summed E-state index contributed by atoms with van der Waals surface area (Å²) in [5.74, 6) is 1.78. The molecule has 4 heteroatoms. The number of hydrogen-bond donors (Lipinski definition) is 1. The molecule has 1 aromatic rings. The monoisotopic (exact) mass is 263 g/mol. The molecule has 1 unspecified atom stereocenters. The van der Waals surface area contributed by atoms with Gasteiger partial charge in [0.05, 0.1) is 0 Å². The van der Waals surface area contributed by atoms with Gasteiger partial charge >= 0.3 is 0 Å². The van der Waals surface area contributed by atoms with E-state index in [1.54, 1.807) is 7.11 Å². The molecule has 0 aliphatic heterocycles. The SMILES string of the molecule is CNc1nc(C(OC)C(C)(C)C)nc2c1CCCC2. The lowest BCUT2D eigenvalue weighted by molar-refractivity contribution is 0.00855. The number of nitrogens with one attached hydrogen (secondary N) is 1. The van der Waals surface area contributed by atoms with Crippen LogP contribution in [0.15, 0.2) is 0 Å². The summed E-state index contributed by atoms with van der Waals surface area (Å²) in [6.45, 7) is 6.47. The molecule has 0 aromatic carbocycles. The van der Waals surface area contributed by atoms with Crippen LogP contribution in [0.5, 0.6) is 0 Å². The van der Waals surface area contributed by atoms with Gasteiger partial charge in [-0.15, -0.1) is 0 Å². The van der Waals surface area contributed by atoms with E-state index in [4.69, 9.17) is 14.7 Å². The van der Waals surface area contributed by atoms with Crippen LogP contribution in [0.4, 0.5) is 5.82 Å². The average Bonchev–Trinajstić information content (AvgIpc) is 2.37. The maximum Gasteiger partial charge on any atom is 0.160 e. The van der Waals surface area contributed by atoms with Crippen molar-refractivity contribution in [3.63, 3.8) is 0 Å². The number of aryl methyl sites for hydroxylation is 1. The van der Waals surface area contributed by atoms with Crippen LogP contribution < -0.4 is 5.32 Å². The van der Waals surface area contributed by atoms with Crippen molar-refractivity contribution in [1.29, 1.82) is 0 Å². The molecule has 19 heavy (non-hydrogen) atoms. The number of methoxy groups -OCH3 is 1. The highest BCUT2D eigenvalue weighted by Gasteiger charge is 2.30. The number of hydrogen-bond acceptors (Lipinski definition) is 4. The minimum absolute atomic E-state index is 0.0112. The molecular formula is C15H25N3O. The second-order valence-electron chi connectivity index (χ2n) is 6.29. The van der Waals surface area contributed by atoms with Crippen molar-refractivity contribution in [2.24, 2.45) is 5.41 Å². The summed E-state index contributed by atoms with van der Waals surface area (Å²) >= 11 is 0. The first-order valence-corrected chi connectivity index (χ1v) is 7.07. The quantitative estimate of drug-likeness (QED) is 0.910. The highest BCUT2D eigenvalue weighted by Crippen LogP contribution is 2.35. The number of rotatable bonds is 3. The van der Waals surface area contributed by atoms with E-state index in [9.17, 15) is 0 Å².